The van der Waals surface area contributed by atoms with E-state index in [4.69, 9.17) is 10.7 Å². The van der Waals surface area contributed by atoms with Gasteiger partial charge in [0.2, 0.25) is 5.95 Å². The highest BCUT2D eigenvalue weighted by Gasteiger charge is 2.24. The number of nitrogens with two attached hydrogens (primary N) is 1. The molecule has 1 fully saturated rings. The second-order valence-electron chi connectivity index (χ2n) is 8.24. The fourth-order valence-corrected chi connectivity index (χ4v) is 4.36. The SMILES string of the molecule is CC#CCn1c(N2CCC[C@@H](N)C2)nc2cnn(Cc3cn4c(C)cccc4n3)c(=O)c21. The number of anilines is 1. The second-order valence-corrected chi connectivity index (χ2v) is 8.24. The number of hydrogen-bond acceptors (Lipinski definition) is 6. The summed E-state index contributed by atoms with van der Waals surface area (Å²) in [5.74, 6) is 6.74. The molecule has 0 aromatic carbocycles. The van der Waals surface area contributed by atoms with Crippen LogP contribution >= 0.6 is 0 Å². The number of aromatic nitrogens is 6. The van der Waals surface area contributed by atoms with Crippen LogP contribution in [0.1, 0.15) is 31.2 Å². The number of rotatable bonds is 4. The minimum Gasteiger partial charge on any atom is -0.341 e. The van der Waals surface area contributed by atoms with Gasteiger partial charge in [0.25, 0.3) is 5.56 Å². The molecule has 1 atom stereocenters. The van der Waals surface area contributed by atoms with Crippen LogP contribution in [0.25, 0.3) is 16.7 Å². The molecule has 0 aliphatic carbocycles. The van der Waals surface area contributed by atoms with Crippen molar-refractivity contribution in [2.75, 3.05) is 18.0 Å². The van der Waals surface area contributed by atoms with Crippen LogP contribution < -0.4 is 16.2 Å². The number of fused-ring (bicyclic) bond motifs is 2. The summed E-state index contributed by atoms with van der Waals surface area (Å²) >= 11 is 0. The molecule has 1 aliphatic rings. The van der Waals surface area contributed by atoms with Crippen molar-refractivity contribution in [1.82, 2.24) is 28.7 Å². The Morgan fingerprint density at radius 2 is 2.16 bits per heavy atom. The Hall–Kier alpha value is -3.64. The normalized spacial score (nSPS) is 16.5. The maximum Gasteiger partial charge on any atom is 0.293 e. The summed E-state index contributed by atoms with van der Waals surface area (Å²) < 4.78 is 5.36. The van der Waals surface area contributed by atoms with Crippen LogP contribution in [0.2, 0.25) is 0 Å². The lowest BCUT2D eigenvalue weighted by molar-refractivity contribution is 0.496. The van der Waals surface area contributed by atoms with Gasteiger partial charge in [-0.1, -0.05) is 12.0 Å². The predicted octanol–water partition coefficient (Wildman–Crippen LogP) is 1.55. The highest BCUT2D eigenvalue weighted by atomic mass is 16.1. The van der Waals surface area contributed by atoms with Crippen molar-refractivity contribution in [3.63, 3.8) is 0 Å². The molecular weight excluding hydrogens is 404 g/mol. The lowest BCUT2D eigenvalue weighted by Gasteiger charge is -2.31. The Kier molecular flexibility index (Phi) is 5.15. The predicted molar refractivity (Wildman–Crippen MR) is 124 cm³/mol. The van der Waals surface area contributed by atoms with E-state index in [1.54, 1.807) is 13.1 Å². The molecule has 32 heavy (non-hydrogen) atoms. The first kappa shape index (κ1) is 20.3. The lowest BCUT2D eigenvalue weighted by Crippen LogP contribution is -2.44. The molecule has 0 unspecified atom stereocenters. The molecule has 0 spiro atoms. The van der Waals surface area contributed by atoms with Crippen molar-refractivity contribution in [2.24, 2.45) is 5.73 Å². The molecule has 5 rings (SSSR count). The molecule has 0 saturated carbocycles. The van der Waals surface area contributed by atoms with E-state index in [-0.39, 0.29) is 18.1 Å². The van der Waals surface area contributed by atoms with E-state index >= 15 is 0 Å². The van der Waals surface area contributed by atoms with E-state index in [9.17, 15) is 4.79 Å². The minimum atomic E-state index is -0.200. The van der Waals surface area contributed by atoms with Gasteiger partial charge in [0.05, 0.1) is 25.0 Å². The van der Waals surface area contributed by atoms with Crippen molar-refractivity contribution < 1.29 is 0 Å². The van der Waals surface area contributed by atoms with E-state index in [2.05, 4.69) is 26.8 Å². The summed E-state index contributed by atoms with van der Waals surface area (Å²) in [6.07, 6.45) is 5.60. The van der Waals surface area contributed by atoms with Crippen LogP contribution in [0.4, 0.5) is 5.95 Å². The number of pyridine rings is 1. The minimum absolute atomic E-state index is 0.0996. The number of nitrogens with zero attached hydrogens (tertiary/aromatic N) is 7. The van der Waals surface area contributed by atoms with Crippen molar-refractivity contribution in [1.29, 1.82) is 0 Å². The van der Waals surface area contributed by atoms with Gasteiger partial charge >= 0.3 is 0 Å². The Morgan fingerprint density at radius 3 is 2.94 bits per heavy atom. The first-order chi connectivity index (χ1) is 15.5. The van der Waals surface area contributed by atoms with E-state index < -0.39 is 0 Å². The lowest BCUT2D eigenvalue weighted by atomic mass is 10.1. The fourth-order valence-electron chi connectivity index (χ4n) is 4.36. The van der Waals surface area contributed by atoms with Crippen molar-refractivity contribution in [3.05, 3.63) is 52.3 Å². The summed E-state index contributed by atoms with van der Waals surface area (Å²) in [5, 5.41) is 4.39. The summed E-state index contributed by atoms with van der Waals surface area (Å²) in [6, 6.07) is 6.04. The largest absolute Gasteiger partial charge is 0.341 e. The fraction of sp³-hybridized carbons (Fsp3) is 0.391. The zero-order chi connectivity index (χ0) is 22.2. The maximum atomic E-state index is 13.5. The number of piperidine rings is 1. The number of aryl methyl sites for hydroxylation is 1. The number of hydrogen-bond donors (Lipinski definition) is 1. The average Bonchev–Trinajstić information content (AvgIpc) is 3.36. The van der Waals surface area contributed by atoms with Gasteiger partial charge in [-0.25, -0.2) is 14.6 Å². The number of imidazole rings is 2. The van der Waals surface area contributed by atoms with E-state index in [0.29, 0.717) is 24.1 Å². The van der Waals surface area contributed by atoms with E-state index in [0.717, 1.165) is 42.4 Å². The third-order valence-corrected chi connectivity index (χ3v) is 5.94. The van der Waals surface area contributed by atoms with E-state index in [1.807, 2.05) is 40.3 Å². The first-order valence-electron chi connectivity index (χ1n) is 10.8. The van der Waals surface area contributed by atoms with Gasteiger partial charge in [0.1, 0.15) is 16.7 Å². The van der Waals surface area contributed by atoms with Crippen molar-refractivity contribution in [2.45, 2.75) is 45.8 Å². The van der Waals surface area contributed by atoms with Crippen LogP contribution in [0.15, 0.2) is 35.4 Å². The molecule has 2 N–H and O–H groups in total. The zero-order valence-electron chi connectivity index (χ0n) is 18.3. The topological polar surface area (TPSA) is 99.3 Å². The van der Waals surface area contributed by atoms with Crippen LogP contribution in [0, 0.1) is 18.8 Å². The summed E-state index contributed by atoms with van der Waals surface area (Å²) in [5.41, 5.74) is 9.78. The second kappa shape index (κ2) is 8.13. The smallest absolute Gasteiger partial charge is 0.293 e. The van der Waals surface area contributed by atoms with Crippen LogP contribution in [-0.4, -0.2) is 47.8 Å². The molecule has 1 aliphatic heterocycles. The van der Waals surface area contributed by atoms with E-state index in [1.165, 1.54) is 4.68 Å². The van der Waals surface area contributed by atoms with Crippen molar-refractivity contribution in [3.8, 4) is 11.8 Å². The molecule has 9 nitrogen and oxygen atoms in total. The monoisotopic (exact) mass is 430 g/mol. The van der Waals surface area contributed by atoms with Gasteiger partial charge in [-0.2, -0.15) is 5.10 Å². The standard InChI is InChI=1S/C23H26N8O/c1-3-4-11-29-21-19(27-23(29)28-10-6-8-17(24)13-28)12-25-31(22(21)32)15-18-14-30-16(2)7-5-9-20(30)26-18/h5,7,9,12,14,17H,6,8,10-11,13,15,24H2,1-2H3/t17-/m1/s1. The highest BCUT2D eigenvalue weighted by molar-refractivity contribution is 5.77. The van der Waals surface area contributed by atoms with Crippen LogP contribution in [0.3, 0.4) is 0 Å². The molecule has 0 bridgehead atoms. The molecule has 164 valence electrons. The Bertz CT molecular complexity index is 1420. The Labute approximate surface area is 185 Å². The Balaban J connectivity index is 1.58. The zero-order valence-corrected chi connectivity index (χ0v) is 18.3. The maximum absolute atomic E-state index is 13.5. The van der Waals surface area contributed by atoms with Gasteiger partial charge in [-0.3, -0.25) is 9.36 Å². The summed E-state index contributed by atoms with van der Waals surface area (Å²) in [6.45, 7) is 6.06. The molecule has 5 heterocycles. The van der Waals surface area contributed by atoms with Gasteiger partial charge in [-0.15, -0.1) is 5.92 Å². The molecule has 9 heteroatoms. The average molecular weight is 431 g/mol. The van der Waals surface area contributed by atoms with Crippen LogP contribution in [-0.2, 0) is 13.1 Å². The molecule has 0 amide bonds. The van der Waals surface area contributed by atoms with Gasteiger partial charge in [0, 0.05) is 31.0 Å². The third-order valence-electron chi connectivity index (χ3n) is 5.94. The van der Waals surface area contributed by atoms with Crippen LogP contribution in [0.5, 0.6) is 0 Å². The quantitative estimate of drug-likeness (QED) is 0.493. The highest BCUT2D eigenvalue weighted by Crippen LogP contribution is 2.23. The summed E-state index contributed by atoms with van der Waals surface area (Å²) in [4.78, 5) is 25.0. The molecule has 4 aromatic heterocycles. The van der Waals surface area contributed by atoms with Gasteiger partial charge in [0.15, 0.2) is 0 Å². The first-order valence-corrected chi connectivity index (χ1v) is 10.8. The third kappa shape index (κ3) is 3.52. The van der Waals surface area contributed by atoms with Crippen molar-refractivity contribution >= 4 is 22.6 Å². The molecule has 4 aromatic rings. The van der Waals surface area contributed by atoms with Gasteiger partial charge < -0.3 is 15.0 Å². The Morgan fingerprint density at radius 1 is 1.28 bits per heavy atom. The molecular formula is C23H26N8O. The molecule has 0 radical (unpaired) electrons. The summed E-state index contributed by atoms with van der Waals surface area (Å²) in [7, 11) is 0. The van der Waals surface area contributed by atoms with Gasteiger partial charge in [-0.05, 0) is 38.8 Å². The molecule has 1 saturated heterocycles.